The lowest BCUT2D eigenvalue weighted by atomic mass is 9.98. The van der Waals surface area contributed by atoms with Crippen molar-refractivity contribution in [3.63, 3.8) is 0 Å². The average Bonchev–Trinajstić information content (AvgIpc) is 3.58. The summed E-state index contributed by atoms with van der Waals surface area (Å²) < 4.78 is 53.7. The molecule has 12 nitrogen and oxygen atoms in total. The minimum atomic E-state index is -4.25. The van der Waals surface area contributed by atoms with Gasteiger partial charge in [0.2, 0.25) is 0 Å². The van der Waals surface area contributed by atoms with Gasteiger partial charge in [0, 0.05) is 12.2 Å². The van der Waals surface area contributed by atoms with Crippen molar-refractivity contribution >= 4 is 30.6 Å². The van der Waals surface area contributed by atoms with Crippen LogP contribution in [0.5, 0.6) is 5.75 Å². The van der Waals surface area contributed by atoms with E-state index in [1.165, 1.54) is 24.7 Å². The first-order valence-electron chi connectivity index (χ1n) is 13.5. The summed E-state index contributed by atoms with van der Waals surface area (Å²) in [5, 5.41) is 16.9. The number of hydrogen-bond donors (Lipinski definition) is 3. The van der Waals surface area contributed by atoms with Gasteiger partial charge in [-0.05, 0) is 58.7 Å². The molecule has 1 aliphatic carbocycles. The van der Waals surface area contributed by atoms with Crippen LogP contribution in [0, 0.1) is 0 Å². The molecule has 41 heavy (non-hydrogen) atoms. The summed E-state index contributed by atoms with van der Waals surface area (Å²) in [5.74, 6) is -0.454. The maximum Gasteiger partial charge on any atom is 0.459 e. The first-order chi connectivity index (χ1) is 19.5. The first-order valence-corrected chi connectivity index (χ1v) is 15.1. The Morgan fingerprint density at radius 3 is 2.66 bits per heavy atom. The Hall–Kier alpha value is -3.09. The zero-order valence-electron chi connectivity index (χ0n) is 23.3. The van der Waals surface area contributed by atoms with Crippen molar-refractivity contribution in [1.82, 2.24) is 19.6 Å². The van der Waals surface area contributed by atoms with E-state index in [1.807, 2.05) is 6.07 Å². The van der Waals surface area contributed by atoms with Crippen molar-refractivity contribution < 1.29 is 37.4 Å². The second-order valence-corrected chi connectivity index (χ2v) is 12.5. The number of esters is 1. The number of ether oxygens (including phenoxy) is 2. The van der Waals surface area contributed by atoms with Crippen molar-refractivity contribution in [3.8, 4) is 5.75 Å². The minimum Gasteiger partial charge on any atom is -0.462 e. The smallest absolute Gasteiger partial charge is 0.459 e. The third-order valence-corrected chi connectivity index (χ3v) is 8.45. The molecule has 5 rings (SSSR count). The highest BCUT2D eigenvalue weighted by Crippen LogP contribution is 2.48. The van der Waals surface area contributed by atoms with E-state index in [1.54, 1.807) is 50.4 Å². The van der Waals surface area contributed by atoms with Crippen molar-refractivity contribution in [2.75, 3.05) is 11.9 Å². The van der Waals surface area contributed by atoms with Crippen LogP contribution in [-0.2, 0) is 23.4 Å². The number of carbonyl (C=O) groups excluding carboxylic acids is 1. The van der Waals surface area contributed by atoms with Crippen molar-refractivity contribution in [3.05, 3.63) is 48.9 Å². The fourth-order valence-electron chi connectivity index (χ4n) is 4.53. The summed E-state index contributed by atoms with van der Waals surface area (Å²) >= 11 is 0. The normalized spacial score (nSPS) is 26.6. The number of rotatable bonds is 12. The maximum atomic E-state index is 16.0. The lowest BCUT2D eigenvalue weighted by Gasteiger charge is -2.25. The van der Waals surface area contributed by atoms with E-state index in [4.69, 9.17) is 18.5 Å². The van der Waals surface area contributed by atoms with Crippen molar-refractivity contribution in [1.29, 1.82) is 0 Å². The van der Waals surface area contributed by atoms with E-state index < -0.39 is 56.6 Å². The topological polar surface area (TPSA) is 146 Å². The van der Waals surface area contributed by atoms with Gasteiger partial charge >= 0.3 is 13.7 Å². The molecule has 1 saturated carbocycles. The van der Waals surface area contributed by atoms with Crippen LogP contribution in [0.1, 0.15) is 46.8 Å². The SMILES string of the molecule is CC(C)OC(=O)[C@H](C)N[P@@](=O)(OC[C@H]1O[C@@H](n2cnc3c(NC4CC4)ccnc32)[C@](C)(F)[C@@H]1O)Oc1ccccc1. The largest absolute Gasteiger partial charge is 0.462 e. The summed E-state index contributed by atoms with van der Waals surface area (Å²) in [6.45, 7) is 5.52. The molecule has 2 aromatic heterocycles. The van der Waals surface area contributed by atoms with E-state index in [0.717, 1.165) is 18.5 Å². The van der Waals surface area contributed by atoms with Crippen LogP contribution in [0.25, 0.3) is 11.2 Å². The van der Waals surface area contributed by atoms with Crippen LogP contribution in [0.2, 0.25) is 0 Å². The summed E-state index contributed by atoms with van der Waals surface area (Å²) in [5.41, 5.74) is -0.559. The Morgan fingerprint density at radius 1 is 1.24 bits per heavy atom. The Balaban J connectivity index is 1.34. The van der Waals surface area contributed by atoms with Gasteiger partial charge in [-0.15, -0.1) is 0 Å². The highest BCUT2D eigenvalue weighted by Gasteiger charge is 2.56. The van der Waals surface area contributed by atoms with Gasteiger partial charge < -0.3 is 24.4 Å². The molecule has 1 aromatic carbocycles. The highest BCUT2D eigenvalue weighted by atomic mass is 31.2. The van der Waals surface area contributed by atoms with Gasteiger partial charge in [-0.3, -0.25) is 13.9 Å². The molecule has 1 aliphatic heterocycles. The van der Waals surface area contributed by atoms with Crippen LogP contribution in [0.4, 0.5) is 10.1 Å². The summed E-state index contributed by atoms with van der Waals surface area (Å²) in [6.07, 6.45) is 0.551. The zero-order chi connectivity index (χ0) is 29.4. The van der Waals surface area contributed by atoms with Gasteiger partial charge in [-0.1, -0.05) is 18.2 Å². The second kappa shape index (κ2) is 11.7. The molecule has 0 radical (unpaired) electrons. The van der Waals surface area contributed by atoms with Crippen LogP contribution >= 0.6 is 7.75 Å². The first kappa shape index (κ1) is 29.4. The minimum absolute atomic E-state index is 0.209. The quantitative estimate of drug-likeness (QED) is 0.206. The third-order valence-electron chi connectivity index (χ3n) is 6.80. The number of halogens is 1. The van der Waals surface area contributed by atoms with Gasteiger partial charge in [-0.25, -0.2) is 18.9 Å². The number of nitrogens with one attached hydrogen (secondary N) is 2. The maximum absolute atomic E-state index is 16.0. The lowest BCUT2D eigenvalue weighted by Crippen LogP contribution is -2.41. The van der Waals surface area contributed by atoms with Gasteiger partial charge in [-0.2, -0.15) is 5.09 Å². The molecule has 3 N–H and O–H groups in total. The summed E-state index contributed by atoms with van der Waals surface area (Å²) in [6, 6.07) is 9.34. The number of hydrogen-bond acceptors (Lipinski definition) is 10. The fraction of sp³-hybridized carbons (Fsp3) is 0.519. The number of nitrogens with zero attached hydrogens (tertiary/aromatic N) is 3. The van der Waals surface area contributed by atoms with Crippen LogP contribution in [0.15, 0.2) is 48.9 Å². The van der Waals surface area contributed by atoms with Crippen LogP contribution in [-0.4, -0.2) is 68.3 Å². The molecule has 0 unspecified atom stereocenters. The predicted molar refractivity (Wildman–Crippen MR) is 148 cm³/mol. The number of aromatic nitrogens is 3. The lowest BCUT2D eigenvalue weighted by molar-refractivity contribution is -0.149. The highest BCUT2D eigenvalue weighted by molar-refractivity contribution is 7.52. The number of benzene rings is 1. The van der Waals surface area contributed by atoms with E-state index in [9.17, 15) is 14.5 Å². The molecular formula is C27H35FN5O7P. The third kappa shape index (κ3) is 6.54. The number of pyridine rings is 1. The van der Waals surface area contributed by atoms with Gasteiger partial charge in [0.05, 0.1) is 24.7 Å². The number of imidazole rings is 1. The molecule has 3 heterocycles. The van der Waals surface area contributed by atoms with Crippen molar-refractivity contribution in [2.24, 2.45) is 0 Å². The zero-order valence-corrected chi connectivity index (χ0v) is 24.2. The number of carbonyl (C=O) groups is 1. The molecule has 2 fully saturated rings. The molecule has 1 saturated heterocycles. The summed E-state index contributed by atoms with van der Waals surface area (Å²) in [4.78, 5) is 21.2. The Morgan fingerprint density at radius 2 is 1.98 bits per heavy atom. The number of aliphatic hydroxyl groups is 1. The Labute approximate surface area is 237 Å². The molecule has 222 valence electrons. The average molecular weight is 592 g/mol. The fourth-order valence-corrected chi connectivity index (χ4v) is 6.03. The van der Waals surface area contributed by atoms with Crippen LogP contribution < -0.4 is 14.9 Å². The molecule has 14 heteroatoms. The number of anilines is 1. The molecule has 0 spiro atoms. The monoisotopic (exact) mass is 591 g/mol. The molecule has 0 bridgehead atoms. The van der Waals surface area contributed by atoms with E-state index in [2.05, 4.69) is 20.4 Å². The second-order valence-electron chi connectivity index (χ2n) is 10.8. The molecule has 3 aromatic rings. The van der Waals surface area contributed by atoms with Crippen molar-refractivity contribution in [2.45, 2.75) is 82.8 Å². The summed E-state index contributed by atoms with van der Waals surface area (Å²) in [7, 11) is -4.25. The Kier molecular flexibility index (Phi) is 8.36. The molecule has 2 aliphatic rings. The molecule has 6 atom stereocenters. The van der Waals surface area contributed by atoms with Gasteiger partial charge in [0.1, 0.15) is 29.5 Å². The predicted octanol–water partition coefficient (Wildman–Crippen LogP) is 4.13. The van der Waals surface area contributed by atoms with Gasteiger partial charge in [0.15, 0.2) is 17.5 Å². The Bertz CT molecular complexity index is 1420. The number of alkyl halides is 1. The van der Waals surface area contributed by atoms with Gasteiger partial charge in [0.25, 0.3) is 0 Å². The van der Waals surface area contributed by atoms with Crippen LogP contribution in [0.3, 0.4) is 0 Å². The van der Waals surface area contributed by atoms with E-state index in [-0.39, 0.29) is 5.75 Å². The van der Waals surface area contributed by atoms with E-state index >= 15 is 4.39 Å². The number of para-hydroxylation sites is 1. The standard InChI is InChI=1S/C27H35FN5O7P/c1-16(2)38-25(35)17(3)32-41(36,40-19-8-6-5-7-9-19)37-14-21-23(34)27(4,28)26(39-21)33-15-30-22-20(31-18-10-11-18)12-13-29-24(22)33/h5-9,12-13,15-18,21,23,26,34H,10-11,14H2,1-4H3,(H,29,31)(H,32,36)/t17-,21+,23+,26+,27+,41+/m0/s1. The van der Waals surface area contributed by atoms with E-state index in [0.29, 0.717) is 17.2 Å². The number of aliphatic hydroxyl groups excluding tert-OH is 1. The molecular weight excluding hydrogens is 556 g/mol. The molecule has 0 amide bonds. The number of fused-ring (bicyclic) bond motifs is 1.